The zero-order valence-corrected chi connectivity index (χ0v) is 12.9. The third-order valence-electron chi connectivity index (χ3n) is 4.42. The molecule has 0 radical (unpaired) electrons. The molecule has 1 saturated heterocycles. The average Bonchev–Trinajstić information content (AvgIpc) is 2.39. The maximum Gasteiger partial charge on any atom is 0.0396 e. The minimum absolute atomic E-state index is 0.701. The van der Waals surface area contributed by atoms with Crippen LogP contribution in [-0.4, -0.2) is 38.1 Å². The number of hydrogen-bond acceptors (Lipinski definition) is 2. The highest BCUT2D eigenvalue weighted by Gasteiger charge is 2.21. The van der Waals surface area contributed by atoms with Crippen LogP contribution in [0.15, 0.2) is 18.2 Å². The summed E-state index contributed by atoms with van der Waals surface area (Å²) < 4.78 is 0. The van der Waals surface area contributed by atoms with Gasteiger partial charge in [-0.15, -0.1) is 0 Å². The molecule has 2 nitrogen and oxygen atoms in total. The summed E-state index contributed by atoms with van der Waals surface area (Å²) in [7, 11) is 4.48. The van der Waals surface area contributed by atoms with E-state index < -0.39 is 0 Å². The largest absolute Gasteiger partial charge is 0.371 e. The molecule has 1 aromatic rings. The second kappa shape index (κ2) is 6.42. The van der Waals surface area contributed by atoms with Crippen LogP contribution in [-0.2, 0) is 6.42 Å². The Morgan fingerprint density at radius 3 is 2.53 bits per heavy atom. The first kappa shape index (κ1) is 14.4. The third-order valence-corrected chi connectivity index (χ3v) is 4.42. The van der Waals surface area contributed by atoms with Gasteiger partial charge >= 0.3 is 0 Å². The van der Waals surface area contributed by atoms with Gasteiger partial charge in [0.05, 0.1) is 0 Å². The molecule has 106 valence electrons. The van der Waals surface area contributed by atoms with Crippen molar-refractivity contribution in [1.29, 1.82) is 0 Å². The van der Waals surface area contributed by atoms with E-state index in [0.29, 0.717) is 6.04 Å². The van der Waals surface area contributed by atoms with Crippen LogP contribution in [0.4, 0.5) is 5.69 Å². The van der Waals surface area contributed by atoms with Crippen LogP contribution < -0.4 is 4.90 Å². The lowest BCUT2D eigenvalue weighted by Crippen LogP contribution is -2.42. The van der Waals surface area contributed by atoms with Crippen LogP contribution >= 0.6 is 0 Å². The first-order valence-electron chi connectivity index (χ1n) is 7.62. The molecule has 0 bridgehead atoms. The maximum absolute atomic E-state index is 2.50. The lowest BCUT2D eigenvalue weighted by Gasteiger charge is -2.37. The van der Waals surface area contributed by atoms with Crippen LogP contribution in [0.25, 0.3) is 0 Å². The van der Waals surface area contributed by atoms with Crippen molar-refractivity contribution < 1.29 is 0 Å². The molecule has 0 unspecified atom stereocenters. The predicted molar refractivity (Wildman–Crippen MR) is 84.1 cm³/mol. The van der Waals surface area contributed by atoms with Crippen molar-refractivity contribution in [3.05, 3.63) is 29.3 Å². The summed E-state index contributed by atoms with van der Waals surface area (Å²) in [6, 6.07) is 7.69. The smallest absolute Gasteiger partial charge is 0.0396 e. The van der Waals surface area contributed by atoms with Gasteiger partial charge < -0.3 is 9.80 Å². The highest BCUT2D eigenvalue weighted by atomic mass is 15.2. The Morgan fingerprint density at radius 2 is 1.95 bits per heavy atom. The molecule has 1 heterocycles. The van der Waals surface area contributed by atoms with Gasteiger partial charge in [-0.25, -0.2) is 0 Å². The number of likely N-dealkylation sites (tertiary alicyclic amines) is 1. The summed E-state index contributed by atoms with van der Waals surface area (Å²) in [5.41, 5.74) is 4.31. The highest BCUT2D eigenvalue weighted by Crippen LogP contribution is 2.26. The molecule has 1 aromatic carbocycles. The maximum atomic E-state index is 2.50. The van der Waals surface area contributed by atoms with E-state index in [1.54, 1.807) is 0 Å². The molecule has 0 amide bonds. The number of rotatable bonds is 4. The van der Waals surface area contributed by atoms with Crippen LogP contribution in [0.2, 0.25) is 0 Å². The summed E-state index contributed by atoms with van der Waals surface area (Å²) in [4.78, 5) is 4.93. The molecule has 0 aliphatic carbocycles. The van der Waals surface area contributed by atoms with Crippen LogP contribution in [0, 0.1) is 6.92 Å². The molecule has 19 heavy (non-hydrogen) atoms. The molecular weight excluding hydrogens is 232 g/mol. The van der Waals surface area contributed by atoms with Gasteiger partial charge in [0, 0.05) is 18.8 Å². The Kier molecular flexibility index (Phi) is 4.87. The Bertz CT molecular complexity index is 406. The molecule has 1 aliphatic rings. The Labute approximate surface area is 118 Å². The molecule has 1 fully saturated rings. The Morgan fingerprint density at radius 1 is 1.26 bits per heavy atom. The standard InChI is InChI=1S/C17H28N2/c1-5-6-15-7-8-17(14(2)13-15)19(4)16-9-11-18(3)12-10-16/h7-8,13,16H,5-6,9-12H2,1-4H3. The van der Waals surface area contributed by atoms with Gasteiger partial charge in [-0.3, -0.25) is 0 Å². The monoisotopic (exact) mass is 260 g/mol. The minimum Gasteiger partial charge on any atom is -0.371 e. The molecule has 0 aromatic heterocycles. The number of benzene rings is 1. The number of piperidine rings is 1. The molecule has 2 rings (SSSR count). The van der Waals surface area contributed by atoms with Crippen molar-refractivity contribution >= 4 is 5.69 Å². The summed E-state index contributed by atoms with van der Waals surface area (Å²) in [5, 5.41) is 0. The summed E-state index contributed by atoms with van der Waals surface area (Å²) in [6.45, 7) is 6.94. The number of aryl methyl sites for hydroxylation is 2. The van der Waals surface area contributed by atoms with Crippen LogP contribution in [0.3, 0.4) is 0 Å². The first-order valence-corrected chi connectivity index (χ1v) is 7.62. The fraction of sp³-hybridized carbons (Fsp3) is 0.647. The minimum atomic E-state index is 0.701. The van der Waals surface area contributed by atoms with E-state index in [2.05, 4.69) is 55.9 Å². The summed E-state index contributed by atoms with van der Waals surface area (Å²) in [6.07, 6.45) is 4.98. The lowest BCUT2D eigenvalue weighted by atomic mass is 10.0. The van der Waals surface area contributed by atoms with Gasteiger partial charge in [0.1, 0.15) is 0 Å². The first-order chi connectivity index (χ1) is 9.11. The van der Waals surface area contributed by atoms with Crippen LogP contribution in [0.1, 0.15) is 37.3 Å². The van der Waals surface area contributed by atoms with Gasteiger partial charge in [-0.05, 0) is 63.5 Å². The lowest BCUT2D eigenvalue weighted by molar-refractivity contribution is 0.253. The second-order valence-electron chi connectivity index (χ2n) is 6.02. The van der Waals surface area contributed by atoms with E-state index in [1.807, 2.05) is 0 Å². The average molecular weight is 260 g/mol. The molecule has 0 spiro atoms. The summed E-state index contributed by atoms with van der Waals surface area (Å²) in [5.74, 6) is 0. The molecule has 2 heteroatoms. The fourth-order valence-corrected chi connectivity index (χ4v) is 3.14. The van der Waals surface area contributed by atoms with Gasteiger partial charge in [-0.1, -0.05) is 25.5 Å². The predicted octanol–water partition coefficient (Wildman–Crippen LogP) is 3.48. The molecule has 0 saturated carbocycles. The van der Waals surface area contributed by atoms with E-state index in [4.69, 9.17) is 0 Å². The Hall–Kier alpha value is -1.02. The third kappa shape index (κ3) is 3.50. The van der Waals surface area contributed by atoms with Crippen molar-refractivity contribution in [2.24, 2.45) is 0 Å². The van der Waals surface area contributed by atoms with Gasteiger partial charge in [0.2, 0.25) is 0 Å². The number of hydrogen-bond donors (Lipinski definition) is 0. The van der Waals surface area contributed by atoms with E-state index in [0.717, 1.165) is 0 Å². The normalized spacial score (nSPS) is 17.7. The molecule has 0 atom stereocenters. The van der Waals surface area contributed by atoms with Crippen LogP contribution in [0.5, 0.6) is 0 Å². The van der Waals surface area contributed by atoms with Crippen molar-refractivity contribution in [3.8, 4) is 0 Å². The second-order valence-corrected chi connectivity index (χ2v) is 6.02. The van der Waals surface area contributed by atoms with E-state index in [-0.39, 0.29) is 0 Å². The molecule has 0 N–H and O–H groups in total. The van der Waals surface area contributed by atoms with Gasteiger partial charge in [0.15, 0.2) is 0 Å². The highest BCUT2D eigenvalue weighted by molar-refractivity contribution is 5.54. The summed E-state index contributed by atoms with van der Waals surface area (Å²) >= 11 is 0. The quantitative estimate of drug-likeness (QED) is 0.818. The number of nitrogens with zero attached hydrogens (tertiary/aromatic N) is 2. The SMILES string of the molecule is CCCc1ccc(N(C)C2CCN(C)CC2)c(C)c1. The van der Waals surface area contributed by atoms with E-state index in [9.17, 15) is 0 Å². The van der Waals surface area contributed by atoms with Crippen molar-refractivity contribution in [2.75, 3.05) is 32.1 Å². The molecular formula is C17H28N2. The zero-order valence-electron chi connectivity index (χ0n) is 12.9. The number of anilines is 1. The Balaban J connectivity index is 2.08. The van der Waals surface area contributed by atoms with E-state index >= 15 is 0 Å². The molecule has 1 aliphatic heterocycles. The van der Waals surface area contributed by atoms with Gasteiger partial charge in [0.25, 0.3) is 0 Å². The van der Waals surface area contributed by atoms with Crippen molar-refractivity contribution in [3.63, 3.8) is 0 Å². The fourth-order valence-electron chi connectivity index (χ4n) is 3.14. The zero-order chi connectivity index (χ0) is 13.8. The van der Waals surface area contributed by atoms with E-state index in [1.165, 1.54) is 55.6 Å². The van der Waals surface area contributed by atoms with Crippen molar-refractivity contribution in [1.82, 2.24) is 4.90 Å². The van der Waals surface area contributed by atoms with Gasteiger partial charge in [-0.2, -0.15) is 0 Å². The topological polar surface area (TPSA) is 6.48 Å². The van der Waals surface area contributed by atoms with Crippen molar-refractivity contribution in [2.45, 2.75) is 45.6 Å².